The minimum atomic E-state index is -0.218. The molecular weight excluding hydrogens is 454 g/mol. The van der Waals surface area contributed by atoms with E-state index in [-0.39, 0.29) is 5.91 Å². The van der Waals surface area contributed by atoms with Crippen LogP contribution >= 0.6 is 15.9 Å². The van der Waals surface area contributed by atoms with Crippen LogP contribution in [0.4, 0.5) is 5.69 Å². The van der Waals surface area contributed by atoms with Crippen LogP contribution in [0.15, 0.2) is 77.3 Å². The molecule has 1 amide bonds. The van der Waals surface area contributed by atoms with Crippen molar-refractivity contribution in [3.05, 3.63) is 88.4 Å². The maximum atomic E-state index is 13.0. The van der Waals surface area contributed by atoms with Crippen molar-refractivity contribution in [3.8, 4) is 11.5 Å². The Balaban J connectivity index is 1.63. The summed E-state index contributed by atoms with van der Waals surface area (Å²) in [6, 6.07) is 22.9. The monoisotopic (exact) mass is 481 g/mol. The highest BCUT2D eigenvalue weighted by atomic mass is 79.9. The number of unbranched alkanes of at least 4 members (excludes halogenated alkanes) is 3. The number of nitrogens with one attached hydrogen (secondary N) is 1. The lowest BCUT2D eigenvalue weighted by molar-refractivity contribution is 0.102. The third-order valence-electron chi connectivity index (χ3n) is 4.78. The van der Waals surface area contributed by atoms with E-state index in [9.17, 15) is 4.79 Å². The highest BCUT2D eigenvalue weighted by molar-refractivity contribution is 9.10. The second-order valence-electron chi connectivity index (χ2n) is 7.31. The van der Waals surface area contributed by atoms with Gasteiger partial charge in [0.25, 0.3) is 5.91 Å². The quantitative estimate of drug-likeness (QED) is 0.293. The number of anilines is 1. The molecule has 5 heteroatoms. The van der Waals surface area contributed by atoms with Crippen molar-refractivity contribution in [1.82, 2.24) is 0 Å². The van der Waals surface area contributed by atoms with Gasteiger partial charge in [-0.3, -0.25) is 4.79 Å². The summed E-state index contributed by atoms with van der Waals surface area (Å²) in [4.78, 5) is 13.0. The summed E-state index contributed by atoms with van der Waals surface area (Å²) >= 11 is 3.45. The number of hydrogen-bond donors (Lipinski definition) is 1. The predicted molar refractivity (Wildman–Crippen MR) is 129 cm³/mol. The Bertz CT molecular complexity index is 975. The van der Waals surface area contributed by atoms with E-state index in [2.05, 4.69) is 28.2 Å². The number of amides is 1. The Kier molecular flexibility index (Phi) is 8.98. The van der Waals surface area contributed by atoms with Gasteiger partial charge in [-0.2, -0.15) is 0 Å². The number of rotatable bonds is 11. The minimum absolute atomic E-state index is 0.218. The van der Waals surface area contributed by atoms with Crippen molar-refractivity contribution in [2.24, 2.45) is 0 Å². The van der Waals surface area contributed by atoms with Crippen LogP contribution in [0, 0.1) is 0 Å². The van der Waals surface area contributed by atoms with Gasteiger partial charge in [0.15, 0.2) is 0 Å². The van der Waals surface area contributed by atoms with E-state index in [4.69, 9.17) is 9.47 Å². The summed E-state index contributed by atoms with van der Waals surface area (Å²) in [5.74, 6) is 1.07. The first-order valence-electron chi connectivity index (χ1n) is 10.7. The van der Waals surface area contributed by atoms with Gasteiger partial charge in [0.05, 0.1) is 12.2 Å². The van der Waals surface area contributed by atoms with Crippen molar-refractivity contribution in [3.63, 3.8) is 0 Å². The van der Waals surface area contributed by atoms with E-state index in [0.29, 0.717) is 36.0 Å². The van der Waals surface area contributed by atoms with Gasteiger partial charge in [-0.05, 0) is 42.3 Å². The minimum Gasteiger partial charge on any atom is -0.493 e. The lowest BCUT2D eigenvalue weighted by atomic mass is 10.1. The van der Waals surface area contributed by atoms with E-state index in [0.717, 1.165) is 22.9 Å². The Hall–Kier alpha value is -2.79. The third kappa shape index (κ3) is 7.44. The SMILES string of the molecule is CCCCCCOc1ccc(Br)cc1C(=O)Nc1cccc(OCc2ccccc2)c1. The molecule has 0 fully saturated rings. The highest BCUT2D eigenvalue weighted by Gasteiger charge is 2.14. The Morgan fingerprint density at radius 1 is 0.903 bits per heavy atom. The molecule has 31 heavy (non-hydrogen) atoms. The second kappa shape index (κ2) is 12.2. The lowest BCUT2D eigenvalue weighted by Crippen LogP contribution is -2.14. The Labute approximate surface area is 192 Å². The topological polar surface area (TPSA) is 47.6 Å². The zero-order chi connectivity index (χ0) is 21.9. The smallest absolute Gasteiger partial charge is 0.259 e. The van der Waals surface area contributed by atoms with Crippen LogP contribution in [0.25, 0.3) is 0 Å². The lowest BCUT2D eigenvalue weighted by Gasteiger charge is -2.13. The molecule has 0 saturated heterocycles. The molecule has 3 aromatic rings. The summed E-state index contributed by atoms with van der Waals surface area (Å²) in [7, 11) is 0. The van der Waals surface area contributed by atoms with E-state index < -0.39 is 0 Å². The third-order valence-corrected chi connectivity index (χ3v) is 5.28. The number of ether oxygens (including phenoxy) is 2. The normalized spacial score (nSPS) is 10.5. The number of carbonyl (C=O) groups is 1. The van der Waals surface area contributed by atoms with Crippen LogP contribution in [0.1, 0.15) is 48.5 Å². The average Bonchev–Trinajstić information content (AvgIpc) is 2.79. The molecule has 0 aliphatic carbocycles. The molecule has 0 aromatic heterocycles. The molecule has 1 N–H and O–H groups in total. The van der Waals surface area contributed by atoms with Gasteiger partial charge in [-0.1, -0.05) is 78.5 Å². The molecule has 0 heterocycles. The molecule has 0 saturated carbocycles. The van der Waals surface area contributed by atoms with Gasteiger partial charge in [0.2, 0.25) is 0 Å². The summed E-state index contributed by atoms with van der Waals surface area (Å²) in [5.41, 5.74) is 2.26. The van der Waals surface area contributed by atoms with Crippen molar-refractivity contribution in [2.75, 3.05) is 11.9 Å². The molecule has 4 nitrogen and oxygen atoms in total. The van der Waals surface area contributed by atoms with E-state index >= 15 is 0 Å². The molecule has 0 aliphatic rings. The van der Waals surface area contributed by atoms with Gasteiger partial charge in [-0.25, -0.2) is 0 Å². The maximum absolute atomic E-state index is 13.0. The van der Waals surface area contributed by atoms with Gasteiger partial charge in [-0.15, -0.1) is 0 Å². The fourth-order valence-electron chi connectivity index (χ4n) is 3.12. The molecular formula is C26H28BrNO3. The van der Waals surface area contributed by atoms with Crippen molar-refractivity contribution < 1.29 is 14.3 Å². The van der Waals surface area contributed by atoms with E-state index in [1.165, 1.54) is 12.8 Å². The van der Waals surface area contributed by atoms with Crippen LogP contribution in [0.3, 0.4) is 0 Å². The number of hydrogen-bond acceptors (Lipinski definition) is 3. The molecule has 0 spiro atoms. The zero-order valence-corrected chi connectivity index (χ0v) is 19.4. The van der Waals surface area contributed by atoms with Gasteiger partial charge in [0.1, 0.15) is 18.1 Å². The first-order chi connectivity index (χ1) is 15.2. The van der Waals surface area contributed by atoms with Crippen molar-refractivity contribution in [1.29, 1.82) is 0 Å². The summed E-state index contributed by atoms with van der Waals surface area (Å²) < 4.78 is 12.6. The molecule has 0 aliphatic heterocycles. The van der Waals surface area contributed by atoms with Gasteiger partial charge >= 0.3 is 0 Å². The predicted octanol–water partition coefficient (Wildman–Crippen LogP) is 7.24. The van der Waals surface area contributed by atoms with Crippen LogP contribution in [-0.2, 0) is 6.61 Å². The van der Waals surface area contributed by atoms with Crippen LogP contribution < -0.4 is 14.8 Å². The molecule has 162 valence electrons. The number of halogens is 1. The molecule has 0 bridgehead atoms. The molecule has 3 rings (SSSR count). The highest BCUT2D eigenvalue weighted by Crippen LogP contribution is 2.26. The van der Waals surface area contributed by atoms with Gasteiger partial charge in [0, 0.05) is 16.2 Å². The van der Waals surface area contributed by atoms with E-state index in [1.807, 2.05) is 66.7 Å². The molecule has 0 radical (unpaired) electrons. The standard InChI is InChI=1S/C26H28BrNO3/c1-2-3-4-8-16-30-25-15-14-21(27)17-24(25)26(29)28-22-12-9-13-23(18-22)31-19-20-10-6-5-7-11-20/h5-7,9-15,17-18H,2-4,8,16,19H2,1H3,(H,28,29). The number of carbonyl (C=O) groups excluding carboxylic acids is 1. The molecule has 3 aromatic carbocycles. The summed E-state index contributed by atoms with van der Waals surface area (Å²) in [6.07, 6.45) is 4.48. The fourth-order valence-corrected chi connectivity index (χ4v) is 3.48. The molecule has 0 atom stereocenters. The first-order valence-corrected chi connectivity index (χ1v) is 11.5. The Morgan fingerprint density at radius 2 is 1.74 bits per heavy atom. The van der Waals surface area contributed by atoms with E-state index in [1.54, 1.807) is 6.07 Å². The number of benzene rings is 3. The van der Waals surface area contributed by atoms with Crippen LogP contribution in [0.5, 0.6) is 11.5 Å². The Morgan fingerprint density at radius 3 is 2.55 bits per heavy atom. The van der Waals surface area contributed by atoms with Gasteiger partial charge < -0.3 is 14.8 Å². The second-order valence-corrected chi connectivity index (χ2v) is 8.22. The van der Waals surface area contributed by atoms with Crippen LogP contribution in [0.2, 0.25) is 0 Å². The maximum Gasteiger partial charge on any atom is 0.259 e. The summed E-state index contributed by atoms with van der Waals surface area (Å²) in [5, 5.41) is 2.96. The fraction of sp³-hybridized carbons (Fsp3) is 0.269. The zero-order valence-electron chi connectivity index (χ0n) is 17.8. The van der Waals surface area contributed by atoms with Crippen molar-refractivity contribution in [2.45, 2.75) is 39.2 Å². The molecule has 0 unspecified atom stereocenters. The van der Waals surface area contributed by atoms with Crippen molar-refractivity contribution >= 4 is 27.5 Å². The van der Waals surface area contributed by atoms with Crippen LogP contribution in [-0.4, -0.2) is 12.5 Å². The average molecular weight is 482 g/mol. The summed E-state index contributed by atoms with van der Waals surface area (Å²) in [6.45, 7) is 3.25. The first kappa shape index (κ1) is 22.9. The largest absolute Gasteiger partial charge is 0.493 e.